The molecule has 0 radical (unpaired) electrons. The Morgan fingerprint density at radius 3 is 2.50 bits per heavy atom. The molecule has 0 aliphatic rings. The van der Waals surface area contributed by atoms with Gasteiger partial charge in [-0.05, 0) is 13.3 Å². The maximum Gasteiger partial charge on any atom is 0.178 e. The molecule has 0 aromatic heterocycles. The third-order valence-corrected chi connectivity index (χ3v) is 4.21. The van der Waals surface area contributed by atoms with Gasteiger partial charge in [0, 0.05) is 22.1 Å². The van der Waals surface area contributed by atoms with E-state index in [4.69, 9.17) is 0 Å². The largest absolute Gasteiger partial charge is 0.293 e. The smallest absolute Gasteiger partial charge is 0.178 e. The van der Waals surface area contributed by atoms with E-state index >= 15 is 0 Å². The third kappa shape index (κ3) is 3.56. The SMILES string of the molecule is CCCCS(=O)C(C)C(=O)c1ccccc1. The van der Waals surface area contributed by atoms with E-state index in [2.05, 4.69) is 6.92 Å². The average molecular weight is 238 g/mol. The average Bonchev–Trinajstić information content (AvgIpc) is 2.35. The minimum atomic E-state index is -1.04. The van der Waals surface area contributed by atoms with Crippen molar-refractivity contribution in [3.05, 3.63) is 35.9 Å². The Morgan fingerprint density at radius 2 is 1.94 bits per heavy atom. The lowest BCUT2D eigenvalue weighted by atomic mass is 10.1. The van der Waals surface area contributed by atoms with Gasteiger partial charge in [-0.3, -0.25) is 9.00 Å². The minimum Gasteiger partial charge on any atom is -0.293 e. The highest BCUT2D eigenvalue weighted by molar-refractivity contribution is 7.86. The fraction of sp³-hybridized carbons (Fsp3) is 0.462. The lowest BCUT2D eigenvalue weighted by Gasteiger charge is -2.09. The molecule has 16 heavy (non-hydrogen) atoms. The second kappa shape index (κ2) is 6.59. The Labute approximate surface area is 99.5 Å². The lowest BCUT2D eigenvalue weighted by molar-refractivity contribution is 0.0992. The number of unbranched alkanes of at least 4 members (excludes halogenated alkanes) is 1. The highest BCUT2D eigenvalue weighted by atomic mass is 32.2. The number of hydrogen-bond donors (Lipinski definition) is 0. The molecule has 0 fully saturated rings. The molecule has 0 spiro atoms. The molecule has 1 rings (SSSR count). The summed E-state index contributed by atoms with van der Waals surface area (Å²) in [5.74, 6) is 0.603. The molecular formula is C13H18O2S. The Balaban J connectivity index is 2.64. The van der Waals surface area contributed by atoms with E-state index < -0.39 is 16.0 Å². The van der Waals surface area contributed by atoms with Crippen LogP contribution >= 0.6 is 0 Å². The van der Waals surface area contributed by atoms with Crippen LogP contribution in [-0.4, -0.2) is 21.0 Å². The van der Waals surface area contributed by atoms with Gasteiger partial charge in [0.05, 0.1) is 5.25 Å². The van der Waals surface area contributed by atoms with E-state index in [-0.39, 0.29) is 5.78 Å². The van der Waals surface area contributed by atoms with Crippen molar-refractivity contribution in [1.82, 2.24) is 0 Å². The predicted octanol–water partition coefficient (Wildman–Crippen LogP) is 2.81. The Kier molecular flexibility index (Phi) is 5.39. The van der Waals surface area contributed by atoms with E-state index in [1.165, 1.54) is 0 Å². The summed E-state index contributed by atoms with van der Waals surface area (Å²) in [6.45, 7) is 3.81. The van der Waals surface area contributed by atoms with Crippen molar-refractivity contribution in [3.8, 4) is 0 Å². The van der Waals surface area contributed by atoms with Gasteiger partial charge in [0.1, 0.15) is 0 Å². The predicted molar refractivity (Wildman–Crippen MR) is 68.2 cm³/mol. The molecule has 0 saturated carbocycles. The topological polar surface area (TPSA) is 34.1 Å². The molecular weight excluding hydrogens is 220 g/mol. The van der Waals surface area contributed by atoms with Crippen LogP contribution in [0.15, 0.2) is 30.3 Å². The molecule has 1 aromatic carbocycles. The molecule has 0 amide bonds. The lowest BCUT2D eigenvalue weighted by Crippen LogP contribution is -2.24. The van der Waals surface area contributed by atoms with Crippen LogP contribution in [0, 0.1) is 0 Å². The summed E-state index contributed by atoms with van der Waals surface area (Å²) >= 11 is 0. The monoisotopic (exact) mass is 238 g/mol. The number of hydrogen-bond acceptors (Lipinski definition) is 2. The molecule has 1 aromatic rings. The van der Waals surface area contributed by atoms with E-state index in [9.17, 15) is 9.00 Å². The third-order valence-electron chi connectivity index (χ3n) is 2.52. The first-order chi connectivity index (χ1) is 7.66. The first-order valence-electron chi connectivity index (χ1n) is 5.63. The van der Waals surface area contributed by atoms with Crippen molar-refractivity contribution < 1.29 is 9.00 Å². The summed E-state index contributed by atoms with van der Waals surface area (Å²) in [4.78, 5) is 12.0. The quantitative estimate of drug-likeness (QED) is 0.714. The van der Waals surface area contributed by atoms with Crippen LogP contribution < -0.4 is 0 Å². The van der Waals surface area contributed by atoms with Crippen molar-refractivity contribution in [2.45, 2.75) is 31.9 Å². The van der Waals surface area contributed by atoms with Gasteiger partial charge in [0.15, 0.2) is 5.78 Å². The molecule has 0 heterocycles. The summed E-state index contributed by atoms with van der Waals surface area (Å²) in [5, 5.41) is -0.394. The molecule has 0 aliphatic heterocycles. The minimum absolute atomic E-state index is 0.0185. The zero-order valence-electron chi connectivity index (χ0n) is 9.81. The summed E-state index contributed by atoms with van der Waals surface area (Å²) in [6, 6.07) is 9.07. The maximum absolute atomic E-state index is 12.0. The number of ketones is 1. The van der Waals surface area contributed by atoms with Gasteiger partial charge in [-0.15, -0.1) is 0 Å². The van der Waals surface area contributed by atoms with E-state index in [1.54, 1.807) is 19.1 Å². The van der Waals surface area contributed by atoms with Crippen molar-refractivity contribution in [3.63, 3.8) is 0 Å². The van der Waals surface area contributed by atoms with Crippen molar-refractivity contribution in [1.29, 1.82) is 0 Å². The highest BCUT2D eigenvalue weighted by Gasteiger charge is 2.20. The van der Waals surface area contributed by atoms with E-state index in [0.717, 1.165) is 12.8 Å². The van der Waals surface area contributed by atoms with Crippen molar-refractivity contribution in [2.24, 2.45) is 0 Å². The Bertz CT molecular complexity index is 359. The summed E-state index contributed by atoms with van der Waals surface area (Å²) in [7, 11) is -1.04. The summed E-state index contributed by atoms with van der Waals surface area (Å²) in [6.07, 6.45) is 1.93. The maximum atomic E-state index is 12.0. The zero-order valence-corrected chi connectivity index (χ0v) is 10.6. The molecule has 2 nitrogen and oxygen atoms in total. The molecule has 2 atom stereocenters. The standard InChI is InChI=1S/C13H18O2S/c1-3-4-10-16(15)11(2)13(14)12-8-6-5-7-9-12/h5-9,11H,3-4,10H2,1-2H3. The molecule has 0 aliphatic carbocycles. The molecule has 0 N–H and O–H groups in total. The van der Waals surface area contributed by atoms with Crippen molar-refractivity contribution in [2.75, 3.05) is 5.75 Å². The molecule has 2 unspecified atom stereocenters. The number of Topliss-reactive ketones (excluding diaryl/α,β-unsaturated/α-hetero) is 1. The Hall–Kier alpha value is -0.960. The Morgan fingerprint density at radius 1 is 1.31 bits per heavy atom. The van der Waals surface area contributed by atoms with Crippen LogP contribution in [-0.2, 0) is 10.8 Å². The zero-order chi connectivity index (χ0) is 12.0. The van der Waals surface area contributed by atoms with Crippen LogP contribution in [0.25, 0.3) is 0 Å². The van der Waals surface area contributed by atoms with E-state index in [1.807, 2.05) is 18.2 Å². The van der Waals surface area contributed by atoms with Gasteiger partial charge in [-0.1, -0.05) is 43.7 Å². The normalized spacial score (nSPS) is 14.4. The van der Waals surface area contributed by atoms with Gasteiger partial charge < -0.3 is 0 Å². The number of carbonyl (C=O) groups is 1. The number of carbonyl (C=O) groups excluding carboxylic acids is 1. The van der Waals surface area contributed by atoms with Gasteiger partial charge >= 0.3 is 0 Å². The van der Waals surface area contributed by atoms with Crippen LogP contribution in [0.4, 0.5) is 0 Å². The number of rotatable bonds is 6. The fourth-order valence-corrected chi connectivity index (χ4v) is 2.72. The van der Waals surface area contributed by atoms with Gasteiger partial charge in [-0.2, -0.15) is 0 Å². The van der Waals surface area contributed by atoms with Gasteiger partial charge in [-0.25, -0.2) is 0 Å². The second-order valence-corrected chi connectivity index (χ2v) is 5.69. The van der Waals surface area contributed by atoms with Crippen molar-refractivity contribution >= 4 is 16.6 Å². The second-order valence-electron chi connectivity index (χ2n) is 3.81. The van der Waals surface area contributed by atoms with Crippen LogP contribution in [0.3, 0.4) is 0 Å². The summed E-state index contributed by atoms with van der Waals surface area (Å²) < 4.78 is 11.8. The molecule has 88 valence electrons. The molecule has 0 bridgehead atoms. The molecule has 3 heteroatoms. The van der Waals surface area contributed by atoms with Crippen LogP contribution in [0.5, 0.6) is 0 Å². The van der Waals surface area contributed by atoms with Crippen LogP contribution in [0.2, 0.25) is 0 Å². The fourth-order valence-electron chi connectivity index (χ4n) is 1.42. The molecule has 0 saturated heterocycles. The highest BCUT2D eigenvalue weighted by Crippen LogP contribution is 2.09. The first-order valence-corrected chi connectivity index (χ1v) is 7.01. The van der Waals surface area contributed by atoms with Crippen LogP contribution in [0.1, 0.15) is 37.0 Å². The van der Waals surface area contributed by atoms with E-state index in [0.29, 0.717) is 11.3 Å². The summed E-state index contributed by atoms with van der Waals surface area (Å²) in [5.41, 5.74) is 0.653. The first kappa shape index (κ1) is 13.1. The van der Waals surface area contributed by atoms with Gasteiger partial charge in [0.2, 0.25) is 0 Å². The van der Waals surface area contributed by atoms with Gasteiger partial charge in [0.25, 0.3) is 0 Å². The number of benzene rings is 1.